The third kappa shape index (κ3) is 5.21. The van der Waals surface area contributed by atoms with Crippen molar-refractivity contribution < 1.29 is 0 Å². The van der Waals surface area contributed by atoms with Crippen LogP contribution in [-0.2, 0) is 6.42 Å². The molecular weight excluding hydrogens is 605 g/mol. The zero-order valence-corrected chi connectivity index (χ0v) is 29.4. The Bertz CT molecular complexity index is 2240. The first-order valence-corrected chi connectivity index (χ1v) is 19.8. The summed E-state index contributed by atoms with van der Waals surface area (Å²) < 4.78 is 5.38. The molecule has 2 aromatic heterocycles. The van der Waals surface area contributed by atoms with Crippen LogP contribution < -0.4 is 0 Å². The van der Waals surface area contributed by atoms with Gasteiger partial charge in [-0.3, -0.25) is 0 Å². The van der Waals surface area contributed by atoms with E-state index in [1.54, 1.807) is 5.69 Å². The topological polar surface area (TPSA) is 9.86 Å². The first kappa shape index (κ1) is 30.5. The molecule has 2 nitrogen and oxygen atoms in total. The molecule has 10 rings (SSSR count). The van der Waals surface area contributed by atoms with Crippen molar-refractivity contribution in [2.24, 2.45) is 23.7 Å². The molecule has 3 aromatic carbocycles. The van der Waals surface area contributed by atoms with Crippen LogP contribution in [0.5, 0.6) is 0 Å². The van der Waals surface area contributed by atoms with Gasteiger partial charge in [0.05, 0.1) is 11.0 Å². The third-order valence-electron chi connectivity index (χ3n) is 13.4. The molecule has 0 bridgehead atoms. The maximum atomic E-state index is 2.79. The summed E-state index contributed by atoms with van der Waals surface area (Å²) in [5.41, 5.74) is 11.3. The van der Waals surface area contributed by atoms with E-state index in [-0.39, 0.29) is 0 Å². The molecule has 2 heterocycles. The minimum absolute atomic E-state index is 0.615. The van der Waals surface area contributed by atoms with Gasteiger partial charge in [-0.2, -0.15) is 0 Å². The van der Waals surface area contributed by atoms with E-state index in [1.165, 1.54) is 126 Å². The van der Waals surface area contributed by atoms with Crippen molar-refractivity contribution in [3.05, 3.63) is 121 Å². The molecule has 0 saturated heterocycles. The SMILES string of the molecule is C1=CCC(C2CCC(n3c4c(c5cc(-c6ccc7c(c6)c6ccccc6n7C6=CCC(C7CC=CCC7)CC6)ccc53)C=CCC4)CC2)C=C1. The fourth-order valence-corrected chi connectivity index (χ4v) is 10.8. The summed E-state index contributed by atoms with van der Waals surface area (Å²) in [7, 11) is 0. The van der Waals surface area contributed by atoms with E-state index in [0.717, 1.165) is 36.5 Å². The number of nitrogens with zero attached hydrogens (tertiary/aromatic N) is 2. The van der Waals surface area contributed by atoms with E-state index >= 15 is 0 Å². The van der Waals surface area contributed by atoms with E-state index in [0.29, 0.717) is 6.04 Å². The molecule has 0 radical (unpaired) electrons. The molecule has 3 atom stereocenters. The Kier molecular flexibility index (Phi) is 7.81. The molecule has 2 heteroatoms. The van der Waals surface area contributed by atoms with E-state index in [9.17, 15) is 0 Å². The summed E-state index contributed by atoms with van der Waals surface area (Å²) in [6.07, 6.45) is 38.0. The summed E-state index contributed by atoms with van der Waals surface area (Å²) in [6, 6.07) is 24.3. The first-order chi connectivity index (χ1) is 24.8. The van der Waals surface area contributed by atoms with Crippen LogP contribution >= 0.6 is 0 Å². The zero-order valence-electron chi connectivity index (χ0n) is 29.4. The van der Waals surface area contributed by atoms with Gasteiger partial charge in [-0.25, -0.2) is 0 Å². The molecule has 50 heavy (non-hydrogen) atoms. The predicted octanol–water partition coefficient (Wildman–Crippen LogP) is 13.2. The molecule has 0 amide bonds. The van der Waals surface area contributed by atoms with Gasteiger partial charge >= 0.3 is 0 Å². The van der Waals surface area contributed by atoms with E-state index in [2.05, 4.69) is 124 Å². The monoisotopic (exact) mass is 654 g/mol. The number of allylic oxidation sites excluding steroid dienone is 9. The van der Waals surface area contributed by atoms with Crippen molar-refractivity contribution in [2.75, 3.05) is 0 Å². The summed E-state index contributed by atoms with van der Waals surface area (Å²) in [5.74, 6) is 3.28. The largest absolute Gasteiger partial charge is 0.341 e. The Hall–Kier alpha value is -4.30. The molecule has 5 aromatic rings. The number of rotatable bonds is 5. The second-order valence-electron chi connectivity index (χ2n) is 16.0. The van der Waals surface area contributed by atoms with E-state index in [4.69, 9.17) is 0 Å². The number of hydrogen-bond donors (Lipinski definition) is 0. The average Bonchev–Trinajstić information content (AvgIpc) is 3.71. The van der Waals surface area contributed by atoms with Crippen molar-refractivity contribution in [3.63, 3.8) is 0 Å². The Morgan fingerprint density at radius 3 is 2.18 bits per heavy atom. The van der Waals surface area contributed by atoms with Gasteiger partial charge in [-0.15, -0.1) is 0 Å². The number of aromatic nitrogens is 2. The normalized spacial score (nSPS) is 26.6. The molecular formula is C48H50N2. The van der Waals surface area contributed by atoms with E-state index < -0.39 is 0 Å². The summed E-state index contributed by atoms with van der Waals surface area (Å²) in [5, 5.41) is 4.18. The van der Waals surface area contributed by atoms with Gasteiger partial charge in [0.2, 0.25) is 0 Å². The van der Waals surface area contributed by atoms with Crippen LogP contribution in [0.15, 0.2) is 109 Å². The number of fused-ring (bicyclic) bond motifs is 6. The standard InChI is InChI=1S/C48H50N2/c1-3-11-33(12-4-1)35-19-25-39(26-20-35)49-45-17-9-7-15-41(45)43-31-37(23-29-47(43)49)38-24-30-48-44(32-38)42-16-8-10-18-46(42)50(48)40-27-21-36(22-28-40)34-13-5-2-6-14-34/h1-5,7-8,10-11,15-16,18,23-24,27,29-36,39H,6,9,12-14,17,19-22,25-26,28H2. The molecule has 5 aliphatic rings. The molecule has 0 aliphatic heterocycles. The second kappa shape index (κ2) is 12.8. The molecule has 5 aliphatic carbocycles. The Labute approximate surface area is 297 Å². The number of benzene rings is 3. The lowest BCUT2D eigenvalue weighted by Crippen LogP contribution is -2.24. The summed E-state index contributed by atoms with van der Waals surface area (Å²) in [6.45, 7) is 0. The lowest BCUT2D eigenvalue weighted by Gasteiger charge is -2.35. The van der Waals surface area contributed by atoms with Crippen LogP contribution in [0.25, 0.3) is 55.6 Å². The third-order valence-corrected chi connectivity index (χ3v) is 13.4. The number of para-hydroxylation sites is 1. The fraction of sp³-hybridized carbons (Fsp3) is 0.375. The van der Waals surface area contributed by atoms with Crippen molar-refractivity contribution in [1.82, 2.24) is 9.13 Å². The maximum absolute atomic E-state index is 2.79. The first-order valence-electron chi connectivity index (χ1n) is 19.8. The second-order valence-corrected chi connectivity index (χ2v) is 16.0. The Morgan fingerprint density at radius 2 is 1.38 bits per heavy atom. The summed E-state index contributed by atoms with van der Waals surface area (Å²) >= 11 is 0. The molecule has 1 saturated carbocycles. The highest BCUT2D eigenvalue weighted by Crippen LogP contribution is 2.45. The van der Waals surface area contributed by atoms with Crippen LogP contribution in [0.4, 0.5) is 0 Å². The predicted molar refractivity (Wildman–Crippen MR) is 213 cm³/mol. The van der Waals surface area contributed by atoms with E-state index in [1.807, 2.05) is 0 Å². The lowest BCUT2D eigenvalue weighted by atomic mass is 9.76. The highest BCUT2D eigenvalue weighted by Gasteiger charge is 2.31. The highest BCUT2D eigenvalue weighted by atomic mass is 15.0. The zero-order chi connectivity index (χ0) is 33.0. The van der Waals surface area contributed by atoms with Gasteiger partial charge in [-0.1, -0.05) is 85.0 Å². The smallest absolute Gasteiger partial charge is 0.0538 e. The fourth-order valence-electron chi connectivity index (χ4n) is 10.8. The molecule has 0 spiro atoms. The van der Waals surface area contributed by atoms with Gasteiger partial charge in [0.1, 0.15) is 0 Å². The van der Waals surface area contributed by atoms with Gasteiger partial charge in [0, 0.05) is 44.7 Å². The highest BCUT2D eigenvalue weighted by molar-refractivity contribution is 6.11. The van der Waals surface area contributed by atoms with Crippen LogP contribution in [0.2, 0.25) is 0 Å². The lowest BCUT2D eigenvalue weighted by molar-refractivity contribution is 0.231. The minimum atomic E-state index is 0.615. The van der Waals surface area contributed by atoms with Gasteiger partial charge < -0.3 is 9.13 Å². The maximum Gasteiger partial charge on any atom is 0.0538 e. The van der Waals surface area contributed by atoms with Crippen LogP contribution in [0, 0.1) is 23.7 Å². The Morgan fingerprint density at radius 1 is 0.560 bits per heavy atom. The van der Waals surface area contributed by atoms with Crippen LogP contribution in [0.1, 0.15) is 94.3 Å². The average molecular weight is 655 g/mol. The van der Waals surface area contributed by atoms with Crippen molar-refractivity contribution in [1.29, 1.82) is 0 Å². The van der Waals surface area contributed by atoms with Crippen molar-refractivity contribution in [2.45, 2.75) is 89.5 Å². The molecule has 252 valence electrons. The van der Waals surface area contributed by atoms with Crippen LogP contribution in [0.3, 0.4) is 0 Å². The number of hydrogen-bond acceptors (Lipinski definition) is 0. The van der Waals surface area contributed by atoms with Crippen molar-refractivity contribution >= 4 is 44.5 Å². The van der Waals surface area contributed by atoms with Crippen molar-refractivity contribution in [3.8, 4) is 11.1 Å². The minimum Gasteiger partial charge on any atom is -0.341 e. The quantitative estimate of drug-likeness (QED) is 0.167. The van der Waals surface area contributed by atoms with Gasteiger partial charge in [0.15, 0.2) is 0 Å². The summed E-state index contributed by atoms with van der Waals surface area (Å²) in [4.78, 5) is 0. The van der Waals surface area contributed by atoms with Crippen LogP contribution in [-0.4, -0.2) is 9.13 Å². The molecule has 1 fully saturated rings. The van der Waals surface area contributed by atoms with Gasteiger partial charge in [-0.05, 0) is 149 Å². The molecule has 0 N–H and O–H groups in total. The Balaban J connectivity index is 0.988. The van der Waals surface area contributed by atoms with Gasteiger partial charge in [0.25, 0.3) is 0 Å². The molecule has 3 unspecified atom stereocenters.